The summed E-state index contributed by atoms with van der Waals surface area (Å²) in [4.78, 5) is 24.2. The molecule has 1 aliphatic carbocycles. The molecule has 0 saturated heterocycles. The summed E-state index contributed by atoms with van der Waals surface area (Å²) in [5, 5.41) is 3.06. The molecule has 1 aromatic rings. The molecule has 1 saturated carbocycles. The molecule has 1 amide bonds. The fraction of sp³-hybridized carbons (Fsp3) is 0.600. The largest absolute Gasteiger partial charge is 0.453 e. The number of hydrogen-bond acceptors (Lipinski definition) is 3. The van der Waals surface area contributed by atoms with Gasteiger partial charge in [-0.1, -0.05) is 57.0 Å². The van der Waals surface area contributed by atoms with Crippen LogP contribution in [0.1, 0.15) is 52.0 Å². The van der Waals surface area contributed by atoms with Crippen LogP contribution in [0.5, 0.6) is 0 Å². The highest BCUT2D eigenvalue weighted by Crippen LogP contribution is 2.29. The number of benzene rings is 1. The quantitative estimate of drug-likeness (QED) is 0.812. The van der Waals surface area contributed by atoms with Crippen molar-refractivity contribution >= 4 is 11.9 Å². The minimum absolute atomic E-state index is 0.186. The van der Waals surface area contributed by atoms with Crippen LogP contribution in [0.15, 0.2) is 30.3 Å². The summed E-state index contributed by atoms with van der Waals surface area (Å²) in [5.41, 5.74) is 1.09. The Balaban J connectivity index is 1.75. The van der Waals surface area contributed by atoms with E-state index in [1.165, 1.54) is 6.42 Å². The summed E-state index contributed by atoms with van der Waals surface area (Å²) in [7, 11) is 0. The Labute approximate surface area is 145 Å². The van der Waals surface area contributed by atoms with E-state index in [9.17, 15) is 9.59 Å². The molecule has 4 heteroatoms. The van der Waals surface area contributed by atoms with Crippen LogP contribution in [0.25, 0.3) is 0 Å². The Morgan fingerprint density at radius 1 is 1.21 bits per heavy atom. The summed E-state index contributed by atoms with van der Waals surface area (Å²) in [6.07, 6.45) is 3.55. The summed E-state index contributed by atoms with van der Waals surface area (Å²) in [6, 6.07) is 9.99. The van der Waals surface area contributed by atoms with Crippen molar-refractivity contribution in [3.63, 3.8) is 0 Å². The second kappa shape index (κ2) is 8.86. The van der Waals surface area contributed by atoms with Crippen LogP contribution in [0.4, 0.5) is 0 Å². The van der Waals surface area contributed by atoms with Crippen molar-refractivity contribution in [3.8, 4) is 0 Å². The number of carbonyl (C=O) groups excluding carboxylic acids is 2. The summed E-state index contributed by atoms with van der Waals surface area (Å²) in [5.74, 6) is 0.567. The lowest BCUT2D eigenvalue weighted by Gasteiger charge is -2.35. The fourth-order valence-electron chi connectivity index (χ4n) is 3.29. The minimum atomic E-state index is -0.738. The van der Waals surface area contributed by atoms with Gasteiger partial charge < -0.3 is 10.1 Å². The first kappa shape index (κ1) is 18.5. The van der Waals surface area contributed by atoms with Gasteiger partial charge in [0.25, 0.3) is 5.91 Å². The van der Waals surface area contributed by atoms with Crippen LogP contribution < -0.4 is 5.32 Å². The zero-order valence-corrected chi connectivity index (χ0v) is 15.0. The van der Waals surface area contributed by atoms with Gasteiger partial charge in [-0.05, 0) is 37.2 Å². The molecule has 1 aromatic carbocycles. The highest BCUT2D eigenvalue weighted by Gasteiger charge is 2.30. The van der Waals surface area contributed by atoms with Gasteiger partial charge >= 0.3 is 5.97 Å². The topological polar surface area (TPSA) is 55.4 Å². The number of ether oxygens (including phenoxy) is 1. The van der Waals surface area contributed by atoms with Gasteiger partial charge in [0.1, 0.15) is 0 Å². The molecular weight excluding hydrogens is 302 g/mol. The smallest absolute Gasteiger partial charge is 0.306 e. The van der Waals surface area contributed by atoms with E-state index < -0.39 is 6.10 Å². The minimum Gasteiger partial charge on any atom is -0.453 e. The second-order valence-corrected chi connectivity index (χ2v) is 7.00. The number of aryl methyl sites for hydroxylation is 1. The molecule has 1 fully saturated rings. The molecule has 1 N–H and O–H groups in total. The van der Waals surface area contributed by atoms with E-state index >= 15 is 0 Å². The van der Waals surface area contributed by atoms with Crippen molar-refractivity contribution in [2.45, 2.75) is 65.0 Å². The van der Waals surface area contributed by atoms with E-state index in [1.54, 1.807) is 6.92 Å². The number of esters is 1. The predicted octanol–water partition coefficient (Wildman–Crippen LogP) is 3.49. The lowest BCUT2D eigenvalue weighted by Crippen LogP contribution is -2.47. The van der Waals surface area contributed by atoms with Crippen LogP contribution >= 0.6 is 0 Å². The molecule has 0 bridgehead atoms. The van der Waals surface area contributed by atoms with Crippen LogP contribution in [-0.4, -0.2) is 24.0 Å². The standard InChI is InChI=1S/C20H29NO3/c1-14-8-7-11-18(15(14)2)21-20(23)16(3)24-19(22)13-12-17-9-5-4-6-10-17/h4-6,9-10,14-16,18H,7-8,11-13H2,1-3H3,(H,21,23)/t14-,15-,16-,18+/m1/s1. The van der Waals surface area contributed by atoms with Gasteiger partial charge in [0.15, 0.2) is 6.10 Å². The first-order chi connectivity index (χ1) is 11.5. The highest BCUT2D eigenvalue weighted by molar-refractivity contribution is 5.83. The third kappa shape index (κ3) is 5.36. The van der Waals surface area contributed by atoms with Crippen LogP contribution in [0.2, 0.25) is 0 Å². The van der Waals surface area contributed by atoms with Crippen LogP contribution in [0.3, 0.4) is 0 Å². The molecule has 0 aliphatic heterocycles. The first-order valence-electron chi connectivity index (χ1n) is 9.01. The van der Waals surface area contributed by atoms with Crippen molar-refractivity contribution in [2.24, 2.45) is 11.8 Å². The fourth-order valence-corrected chi connectivity index (χ4v) is 3.29. The molecule has 4 atom stereocenters. The van der Waals surface area contributed by atoms with Gasteiger partial charge in [0.05, 0.1) is 0 Å². The first-order valence-corrected chi connectivity index (χ1v) is 9.01. The number of amides is 1. The van der Waals surface area contributed by atoms with Crippen molar-refractivity contribution in [3.05, 3.63) is 35.9 Å². The van der Waals surface area contributed by atoms with Crippen molar-refractivity contribution in [2.75, 3.05) is 0 Å². The molecule has 2 rings (SSSR count). The molecule has 0 unspecified atom stereocenters. The normalized spacial score (nSPS) is 24.9. The maximum atomic E-state index is 12.3. The Bertz CT molecular complexity index is 543. The molecule has 132 valence electrons. The zero-order chi connectivity index (χ0) is 17.5. The average Bonchev–Trinajstić information content (AvgIpc) is 2.58. The summed E-state index contributed by atoms with van der Waals surface area (Å²) in [6.45, 7) is 6.06. The molecule has 0 aromatic heterocycles. The summed E-state index contributed by atoms with van der Waals surface area (Å²) >= 11 is 0. The predicted molar refractivity (Wildman–Crippen MR) is 94.4 cm³/mol. The van der Waals surface area contributed by atoms with Gasteiger partial charge in [-0.15, -0.1) is 0 Å². The van der Waals surface area contributed by atoms with Crippen molar-refractivity contribution < 1.29 is 14.3 Å². The Morgan fingerprint density at radius 3 is 2.62 bits per heavy atom. The second-order valence-electron chi connectivity index (χ2n) is 7.00. The van der Waals surface area contributed by atoms with Gasteiger partial charge in [-0.3, -0.25) is 9.59 Å². The van der Waals surface area contributed by atoms with Gasteiger partial charge in [0.2, 0.25) is 0 Å². The zero-order valence-electron chi connectivity index (χ0n) is 15.0. The van der Waals surface area contributed by atoms with Crippen LogP contribution in [0, 0.1) is 11.8 Å². The molecule has 1 aliphatic rings. The maximum Gasteiger partial charge on any atom is 0.306 e. The van der Waals surface area contributed by atoms with Crippen molar-refractivity contribution in [1.29, 1.82) is 0 Å². The van der Waals surface area contributed by atoms with Crippen LogP contribution in [-0.2, 0) is 20.7 Å². The Morgan fingerprint density at radius 2 is 1.92 bits per heavy atom. The molecule has 24 heavy (non-hydrogen) atoms. The number of rotatable bonds is 6. The van der Waals surface area contributed by atoms with E-state index in [1.807, 2.05) is 30.3 Å². The van der Waals surface area contributed by atoms with E-state index in [-0.39, 0.29) is 17.9 Å². The van der Waals surface area contributed by atoms with Gasteiger partial charge in [-0.2, -0.15) is 0 Å². The third-order valence-electron chi connectivity index (χ3n) is 5.17. The van der Waals surface area contributed by atoms with E-state index in [4.69, 9.17) is 4.74 Å². The van der Waals surface area contributed by atoms with E-state index in [0.717, 1.165) is 18.4 Å². The summed E-state index contributed by atoms with van der Waals surface area (Å²) < 4.78 is 5.29. The number of nitrogens with one attached hydrogen (secondary N) is 1. The molecule has 0 radical (unpaired) electrons. The van der Waals surface area contributed by atoms with E-state index in [2.05, 4.69) is 19.2 Å². The molecule has 0 spiro atoms. The third-order valence-corrected chi connectivity index (χ3v) is 5.17. The number of hydrogen-bond donors (Lipinski definition) is 1. The van der Waals surface area contributed by atoms with E-state index in [0.29, 0.717) is 24.7 Å². The average molecular weight is 331 g/mol. The molecule has 4 nitrogen and oxygen atoms in total. The maximum absolute atomic E-state index is 12.3. The van der Waals surface area contributed by atoms with Gasteiger partial charge in [-0.25, -0.2) is 0 Å². The van der Waals surface area contributed by atoms with Gasteiger partial charge in [0, 0.05) is 12.5 Å². The molecule has 0 heterocycles. The highest BCUT2D eigenvalue weighted by atomic mass is 16.5. The molecular formula is C20H29NO3. The monoisotopic (exact) mass is 331 g/mol. The lowest BCUT2D eigenvalue weighted by molar-refractivity contribution is -0.155. The van der Waals surface area contributed by atoms with Crippen molar-refractivity contribution in [1.82, 2.24) is 5.32 Å². The Kier molecular flexibility index (Phi) is 6.83. The lowest BCUT2D eigenvalue weighted by atomic mass is 9.78. The SMILES string of the molecule is C[C@@H]1[C@H](C)CCC[C@@H]1NC(=O)[C@@H](C)OC(=O)CCc1ccccc1. The Hall–Kier alpha value is -1.84. The number of carbonyl (C=O) groups is 2.